The minimum absolute atomic E-state index is 0.170. The third kappa shape index (κ3) is 3.19. The molecule has 2 aromatic heterocycles. The number of anilines is 1. The number of carbonyl (C=O) groups is 1. The summed E-state index contributed by atoms with van der Waals surface area (Å²) in [6, 6.07) is 18.6. The zero-order valence-electron chi connectivity index (χ0n) is 14.1. The van der Waals surface area contributed by atoms with Gasteiger partial charge in [0.1, 0.15) is 5.65 Å². The average molecular weight is 362 g/mol. The molecule has 0 unspecified atom stereocenters. The van der Waals surface area contributed by atoms with Gasteiger partial charge in [0.15, 0.2) is 0 Å². The van der Waals surface area contributed by atoms with Gasteiger partial charge in [-0.2, -0.15) is 0 Å². The molecule has 0 aliphatic heterocycles. The highest BCUT2D eigenvalue weighted by atomic mass is 35.5. The second-order valence-corrected chi connectivity index (χ2v) is 6.52. The topological polar surface area (TPSA) is 46.4 Å². The fourth-order valence-electron chi connectivity index (χ4n) is 2.79. The molecule has 0 aliphatic rings. The highest BCUT2D eigenvalue weighted by Gasteiger charge is 2.10. The maximum Gasteiger partial charge on any atom is 0.255 e. The lowest BCUT2D eigenvalue weighted by molar-refractivity contribution is 0.102. The van der Waals surface area contributed by atoms with E-state index in [1.807, 2.05) is 60.1 Å². The van der Waals surface area contributed by atoms with Crippen LogP contribution in [0.3, 0.4) is 0 Å². The number of aryl methyl sites for hydroxylation is 1. The smallest absolute Gasteiger partial charge is 0.255 e. The number of benzene rings is 2. The van der Waals surface area contributed by atoms with Crippen LogP contribution >= 0.6 is 11.6 Å². The van der Waals surface area contributed by atoms with Crippen LogP contribution < -0.4 is 5.32 Å². The van der Waals surface area contributed by atoms with Crippen LogP contribution in [-0.2, 0) is 0 Å². The summed E-state index contributed by atoms with van der Waals surface area (Å²) < 4.78 is 1.97. The quantitative estimate of drug-likeness (QED) is 0.544. The van der Waals surface area contributed by atoms with Gasteiger partial charge < -0.3 is 9.72 Å². The van der Waals surface area contributed by atoms with Crippen LogP contribution in [-0.4, -0.2) is 15.3 Å². The van der Waals surface area contributed by atoms with Crippen molar-refractivity contribution in [2.75, 3.05) is 5.32 Å². The molecule has 0 saturated heterocycles. The first-order chi connectivity index (χ1) is 12.6. The van der Waals surface area contributed by atoms with Crippen LogP contribution in [0.15, 0.2) is 73.1 Å². The molecule has 2 aromatic carbocycles. The zero-order chi connectivity index (χ0) is 18.1. The molecular weight excluding hydrogens is 346 g/mol. The number of nitrogens with one attached hydrogen (secondary N) is 1. The fraction of sp³-hybridized carbons (Fsp3) is 0.0476. The van der Waals surface area contributed by atoms with Crippen LogP contribution in [0.5, 0.6) is 0 Å². The summed E-state index contributed by atoms with van der Waals surface area (Å²) in [7, 11) is 0. The Kier molecular flexibility index (Phi) is 4.19. The van der Waals surface area contributed by atoms with Crippen molar-refractivity contribution in [3.05, 3.63) is 89.2 Å². The normalized spacial score (nSPS) is 10.8. The molecule has 5 heteroatoms. The number of imidazole rings is 1. The molecule has 26 heavy (non-hydrogen) atoms. The molecule has 0 spiro atoms. The Labute approximate surface area is 156 Å². The van der Waals surface area contributed by atoms with E-state index < -0.39 is 0 Å². The average Bonchev–Trinajstić information content (AvgIpc) is 3.08. The molecule has 2 heterocycles. The van der Waals surface area contributed by atoms with Gasteiger partial charge >= 0.3 is 0 Å². The van der Waals surface area contributed by atoms with Gasteiger partial charge in [0, 0.05) is 34.2 Å². The molecule has 1 N–H and O–H groups in total. The van der Waals surface area contributed by atoms with Crippen LogP contribution in [0, 0.1) is 6.92 Å². The van der Waals surface area contributed by atoms with Gasteiger partial charge in [-0.15, -0.1) is 0 Å². The number of hydrogen-bond donors (Lipinski definition) is 1. The number of rotatable bonds is 3. The van der Waals surface area contributed by atoms with E-state index in [2.05, 4.69) is 10.3 Å². The van der Waals surface area contributed by atoms with Crippen molar-refractivity contribution in [3.8, 4) is 11.3 Å². The minimum atomic E-state index is -0.170. The monoisotopic (exact) mass is 361 g/mol. The van der Waals surface area contributed by atoms with Gasteiger partial charge in [0.05, 0.1) is 5.69 Å². The molecule has 1 amide bonds. The predicted molar refractivity (Wildman–Crippen MR) is 105 cm³/mol. The number of aromatic nitrogens is 2. The molecule has 0 radical (unpaired) electrons. The Hall–Kier alpha value is -3.11. The van der Waals surface area contributed by atoms with E-state index in [1.54, 1.807) is 24.3 Å². The Bertz CT molecular complexity index is 1070. The minimum Gasteiger partial charge on any atom is -0.322 e. The van der Waals surface area contributed by atoms with Crippen molar-refractivity contribution < 1.29 is 4.79 Å². The predicted octanol–water partition coefficient (Wildman–Crippen LogP) is 5.22. The summed E-state index contributed by atoms with van der Waals surface area (Å²) in [5.41, 5.74) is 5.00. The molecule has 0 fully saturated rings. The molecule has 4 nitrogen and oxygen atoms in total. The van der Waals surface area contributed by atoms with Gasteiger partial charge in [0.25, 0.3) is 5.91 Å². The highest BCUT2D eigenvalue weighted by molar-refractivity contribution is 6.30. The van der Waals surface area contributed by atoms with Gasteiger partial charge in [-0.25, -0.2) is 4.98 Å². The van der Waals surface area contributed by atoms with E-state index in [0.29, 0.717) is 10.6 Å². The van der Waals surface area contributed by atoms with Crippen molar-refractivity contribution >= 4 is 28.8 Å². The standard InChI is InChI=1S/C21H16ClN3O/c1-14-5-6-16(19-13-25-11-3-2-4-20(25)23-19)12-18(14)24-21(26)15-7-9-17(22)10-8-15/h2-13H,1H3,(H,24,26). The molecule has 0 atom stereocenters. The van der Waals surface area contributed by atoms with Crippen molar-refractivity contribution in [2.24, 2.45) is 0 Å². The summed E-state index contributed by atoms with van der Waals surface area (Å²) in [6.07, 6.45) is 3.94. The zero-order valence-corrected chi connectivity index (χ0v) is 14.9. The van der Waals surface area contributed by atoms with E-state index in [9.17, 15) is 4.79 Å². The Morgan fingerprint density at radius 1 is 1.08 bits per heavy atom. The van der Waals surface area contributed by atoms with Crippen LogP contribution in [0.25, 0.3) is 16.9 Å². The maximum absolute atomic E-state index is 12.5. The molecule has 0 bridgehead atoms. The number of fused-ring (bicyclic) bond motifs is 1. The number of pyridine rings is 1. The number of carbonyl (C=O) groups excluding carboxylic acids is 1. The largest absolute Gasteiger partial charge is 0.322 e. The van der Waals surface area contributed by atoms with E-state index >= 15 is 0 Å². The van der Waals surface area contributed by atoms with Gasteiger partial charge in [-0.05, 0) is 55.0 Å². The summed E-state index contributed by atoms with van der Waals surface area (Å²) in [4.78, 5) is 17.1. The second-order valence-electron chi connectivity index (χ2n) is 6.08. The lowest BCUT2D eigenvalue weighted by atomic mass is 10.1. The molecule has 0 saturated carbocycles. The van der Waals surface area contributed by atoms with Gasteiger partial charge in [0.2, 0.25) is 0 Å². The first-order valence-corrected chi connectivity index (χ1v) is 8.60. The summed E-state index contributed by atoms with van der Waals surface area (Å²) in [5.74, 6) is -0.170. The molecular formula is C21H16ClN3O. The first-order valence-electron chi connectivity index (χ1n) is 8.22. The lowest BCUT2D eigenvalue weighted by Gasteiger charge is -2.10. The highest BCUT2D eigenvalue weighted by Crippen LogP contribution is 2.26. The number of amides is 1. The SMILES string of the molecule is Cc1ccc(-c2cn3ccccc3n2)cc1NC(=O)c1ccc(Cl)cc1. The molecule has 128 valence electrons. The first kappa shape index (κ1) is 16.4. The van der Waals surface area contributed by atoms with Crippen molar-refractivity contribution in [1.29, 1.82) is 0 Å². The third-order valence-corrected chi connectivity index (χ3v) is 4.50. The van der Waals surface area contributed by atoms with Gasteiger partial charge in [-0.1, -0.05) is 29.8 Å². The van der Waals surface area contributed by atoms with Gasteiger partial charge in [-0.3, -0.25) is 4.79 Å². The molecule has 4 aromatic rings. The summed E-state index contributed by atoms with van der Waals surface area (Å²) >= 11 is 5.88. The molecule has 4 rings (SSSR count). The number of nitrogens with zero attached hydrogens (tertiary/aromatic N) is 2. The van der Waals surface area contributed by atoms with E-state index in [0.717, 1.165) is 28.2 Å². The van der Waals surface area contributed by atoms with E-state index in [1.165, 1.54) is 0 Å². The third-order valence-electron chi connectivity index (χ3n) is 4.25. The Balaban J connectivity index is 1.65. The summed E-state index contributed by atoms with van der Waals surface area (Å²) in [5, 5.41) is 3.58. The maximum atomic E-state index is 12.5. The van der Waals surface area contributed by atoms with Crippen molar-refractivity contribution in [2.45, 2.75) is 6.92 Å². The van der Waals surface area contributed by atoms with E-state index in [-0.39, 0.29) is 5.91 Å². The van der Waals surface area contributed by atoms with Crippen LogP contribution in [0.1, 0.15) is 15.9 Å². The van der Waals surface area contributed by atoms with Crippen LogP contribution in [0.2, 0.25) is 5.02 Å². The fourth-order valence-corrected chi connectivity index (χ4v) is 2.91. The lowest BCUT2D eigenvalue weighted by Crippen LogP contribution is -2.12. The summed E-state index contributed by atoms with van der Waals surface area (Å²) in [6.45, 7) is 1.96. The number of hydrogen-bond acceptors (Lipinski definition) is 2. The van der Waals surface area contributed by atoms with Crippen molar-refractivity contribution in [3.63, 3.8) is 0 Å². The van der Waals surface area contributed by atoms with E-state index in [4.69, 9.17) is 11.6 Å². The van der Waals surface area contributed by atoms with Crippen molar-refractivity contribution in [1.82, 2.24) is 9.38 Å². The van der Waals surface area contributed by atoms with Crippen LogP contribution in [0.4, 0.5) is 5.69 Å². The number of halogens is 1. The Morgan fingerprint density at radius 2 is 1.88 bits per heavy atom. The molecule has 0 aliphatic carbocycles. The Morgan fingerprint density at radius 3 is 2.65 bits per heavy atom. The second kappa shape index (κ2) is 6.65.